The predicted octanol–water partition coefficient (Wildman–Crippen LogP) is 1.56. The molecule has 0 saturated carbocycles. The van der Waals surface area contributed by atoms with Crippen molar-refractivity contribution < 1.29 is 27.2 Å². The Bertz CT molecular complexity index is 987. The summed E-state index contributed by atoms with van der Waals surface area (Å²) in [4.78, 5) is 19.3. The number of carbonyl (C=O) groups is 1. The van der Waals surface area contributed by atoms with Gasteiger partial charge in [-0.25, -0.2) is 9.71 Å². The van der Waals surface area contributed by atoms with Gasteiger partial charge in [0.2, 0.25) is 5.91 Å². The number of ether oxygens (including phenoxy) is 2. The van der Waals surface area contributed by atoms with E-state index in [1.165, 1.54) is 7.11 Å². The second-order valence-electron chi connectivity index (χ2n) is 6.74. The van der Waals surface area contributed by atoms with Gasteiger partial charge in [-0.2, -0.15) is 8.42 Å². The third-order valence-corrected chi connectivity index (χ3v) is 5.61. The number of benzene rings is 1. The second kappa shape index (κ2) is 8.26. The first-order chi connectivity index (χ1) is 13.8. The molecule has 1 aliphatic rings. The van der Waals surface area contributed by atoms with Crippen molar-refractivity contribution in [1.82, 2.24) is 9.71 Å². The maximum atomic E-state index is 13.0. The highest BCUT2D eigenvalue weighted by atomic mass is 32.2. The van der Waals surface area contributed by atoms with Crippen LogP contribution >= 0.6 is 0 Å². The monoisotopic (exact) mass is 421 g/mol. The molecule has 2 heterocycles. The van der Waals surface area contributed by atoms with Gasteiger partial charge in [-0.15, -0.1) is 0 Å². The fourth-order valence-electron chi connectivity index (χ4n) is 3.66. The molecule has 0 spiro atoms. The van der Waals surface area contributed by atoms with E-state index in [0.29, 0.717) is 48.8 Å². The molecular weight excluding hydrogens is 398 g/mol. The minimum absolute atomic E-state index is 0.307. The molecule has 0 radical (unpaired) electrons. The average molecular weight is 421 g/mol. The van der Waals surface area contributed by atoms with Crippen LogP contribution in [0.3, 0.4) is 0 Å². The Balaban J connectivity index is 1.95. The molecule has 1 saturated heterocycles. The van der Waals surface area contributed by atoms with E-state index in [2.05, 4.69) is 4.98 Å². The standard InChI is InChI=1S/C19H23N3O6S/c1-27-15-6-3-5-14(13-15)19(18(23)21-29(24,25)26)8-11-22(12-9-19)17-16(28-2)7-4-10-20-17/h3-7,10,13H,8-9,11-12H2,1-2H3,(H,21,23)(H,24,25,26). The molecule has 156 valence electrons. The van der Waals surface area contributed by atoms with Crippen LogP contribution in [0.2, 0.25) is 0 Å². The van der Waals surface area contributed by atoms with Gasteiger partial charge in [-0.05, 0) is 42.7 Å². The first-order valence-electron chi connectivity index (χ1n) is 8.97. The molecule has 10 heteroatoms. The van der Waals surface area contributed by atoms with Crippen LogP contribution in [-0.2, 0) is 20.5 Å². The lowest BCUT2D eigenvalue weighted by molar-refractivity contribution is -0.125. The van der Waals surface area contributed by atoms with Crippen molar-refractivity contribution in [1.29, 1.82) is 0 Å². The zero-order valence-corrected chi connectivity index (χ0v) is 17.0. The maximum absolute atomic E-state index is 13.0. The van der Waals surface area contributed by atoms with Gasteiger partial charge in [0.1, 0.15) is 5.75 Å². The molecule has 1 amide bonds. The summed E-state index contributed by atoms with van der Waals surface area (Å²) in [5.41, 5.74) is -0.534. The number of piperidine rings is 1. The van der Waals surface area contributed by atoms with Crippen molar-refractivity contribution in [3.63, 3.8) is 0 Å². The Morgan fingerprint density at radius 1 is 1.17 bits per heavy atom. The number of methoxy groups -OCH3 is 2. The van der Waals surface area contributed by atoms with Gasteiger partial charge in [0.25, 0.3) is 0 Å². The minimum Gasteiger partial charge on any atom is -0.497 e. The van der Waals surface area contributed by atoms with Crippen molar-refractivity contribution >= 4 is 22.0 Å². The highest BCUT2D eigenvalue weighted by Gasteiger charge is 2.45. The highest BCUT2D eigenvalue weighted by molar-refractivity contribution is 7.84. The summed E-state index contributed by atoms with van der Waals surface area (Å²) in [6, 6.07) is 10.5. The molecule has 0 aliphatic carbocycles. The molecule has 29 heavy (non-hydrogen) atoms. The molecule has 9 nitrogen and oxygen atoms in total. The third-order valence-electron chi connectivity index (χ3n) is 5.17. The fraction of sp³-hybridized carbons (Fsp3) is 0.368. The second-order valence-corrected chi connectivity index (χ2v) is 7.89. The number of hydrogen-bond acceptors (Lipinski definition) is 7. The van der Waals surface area contributed by atoms with E-state index < -0.39 is 21.6 Å². The number of rotatable bonds is 6. The molecule has 2 N–H and O–H groups in total. The largest absolute Gasteiger partial charge is 0.497 e. The molecule has 1 aromatic heterocycles. The fourth-order valence-corrected chi connectivity index (χ4v) is 4.09. The van der Waals surface area contributed by atoms with Gasteiger partial charge in [0.05, 0.1) is 19.6 Å². The van der Waals surface area contributed by atoms with Crippen LogP contribution in [0.1, 0.15) is 18.4 Å². The molecular formula is C19H23N3O6S. The van der Waals surface area contributed by atoms with E-state index in [-0.39, 0.29) is 0 Å². The Morgan fingerprint density at radius 2 is 1.90 bits per heavy atom. The first kappa shape index (κ1) is 20.9. The van der Waals surface area contributed by atoms with Crippen molar-refractivity contribution in [2.24, 2.45) is 0 Å². The highest BCUT2D eigenvalue weighted by Crippen LogP contribution is 2.39. The predicted molar refractivity (Wildman–Crippen MR) is 107 cm³/mol. The molecule has 0 bridgehead atoms. The van der Waals surface area contributed by atoms with Crippen molar-refractivity contribution in [3.8, 4) is 11.5 Å². The van der Waals surface area contributed by atoms with Crippen LogP contribution in [0.25, 0.3) is 0 Å². The minimum atomic E-state index is -4.69. The molecule has 2 aromatic rings. The summed E-state index contributed by atoms with van der Waals surface area (Å²) in [7, 11) is -1.61. The van der Waals surface area contributed by atoms with E-state index in [0.717, 1.165) is 0 Å². The smallest absolute Gasteiger partial charge is 0.359 e. The summed E-state index contributed by atoms with van der Waals surface area (Å²) >= 11 is 0. The van der Waals surface area contributed by atoms with Crippen LogP contribution < -0.4 is 19.1 Å². The van der Waals surface area contributed by atoms with Crippen LogP contribution in [0.15, 0.2) is 42.6 Å². The van der Waals surface area contributed by atoms with Gasteiger partial charge in [-0.3, -0.25) is 9.35 Å². The Morgan fingerprint density at radius 3 is 2.52 bits per heavy atom. The number of anilines is 1. The van der Waals surface area contributed by atoms with Gasteiger partial charge in [-0.1, -0.05) is 12.1 Å². The van der Waals surface area contributed by atoms with E-state index in [4.69, 9.17) is 14.0 Å². The van der Waals surface area contributed by atoms with Crippen LogP contribution in [0, 0.1) is 0 Å². The maximum Gasteiger partial charge on any atom is 0.359 e. The first-order valence-corrected chi connectivity index (χ1v) is 10.4. The zero-order valence-electron chi connectivity index (χ0n) is 16.2. The number of amides is 1. The number of carbonyl (C=O) groups excluding carboxylic acids is 1. The van der Waals surface area contributed by atoms with Crippen LogP contribution in [0.5, 0.6) is 11.5 Å². The van der Waals surface area contributed by atoms with Gasteiger partial charge in [0, 0.05) is 19.3 Å². The molecule has 3 rings (SSSR count). The van der Waals surface area contributed by atoms with E-state index >= 15 is 0 Å². The molecule has 0 unspecified atom stereocenters. The van der Waals surface area contributed by atoms with Crippen molar-refractivity contribution in [2.45, 2.75) is 18.3 Å². The zero-order chi connectivity index (χ0) is 21.1. The van der Waals surface area contributed by atoms with E-state index in [1.807, 2.05) is 4.90 Å². The SMILES string of the molecule is COc1cccc(C2(C(=O)NS(=O)(=O)O)CCN(c3ncccc3OC)CC2)c1. The molecule has 1 aromatic carbocycles. The van der Waals surface area contributed by atoms with Gasteiger partial charge < -0.3 is 14.4 Å². The number of nitrogens with one attached hydrogen (secondary N) is 1. The summed E-state index contributed by atoms with van der Waals surface area (Å²) in [5, 5.41) is 0. The number of aromatic nitrogens is 1. The number of pyridine rings is 1. The van der Waals surface area contributed by atoms with E-state index in [1.54, 1.807) is 54.4 Å². The number of nitrogens with zero attached hydrogens (tertiary/aromatic N) is 2. The third kappa shape index (κ3) is 4.43. The summed E-state index contributed by atoms with van der Waals surface area (Å²) in [6.07, 6.45) is 2.27. The molecule has 1 aliphatic heterocycles. The van der Waals surface area contributed by atoms with E-state index in [9.17, 15) is 13.2 Å². The topological polar surface area (TPSA) is 118 Å². The van der Waals surface area contributed by atoms with Crippen LogP contribution in [0.4, 0.5) is 5.82 Å². The summed E-state index contributed by atoms with van der Waals surface area (Å²) < 4.78 is 44.1. The molecule has 0 atom stereocenters. The Kier molecular flexibility index (Phi) is 5.94. The van der Waals surface area contributed by atoms with Crippen LogP contribution in [-0.4, -0.2) is 51.2 Å². The normalized spacial score (nSPS) is 16.2. The Labute approximate surface area is 169 Å². The van der Waals surface area contributed by atoms with Crippen molar-refractivity contribution in [3.05, 3.63) is 48.2 Å². The van der Waals surface area contributed by atoms with Gasteiger partial charge in [0.15, 0.2) is 11.6 Å². The van der Waals surface area contributed by atoms with Gasteiger partial charge >= 0.3 is 10.3 Å². The quantitative estimate of drug-likeness (QED) is 0.675. The lowest BCUT2D eigenvalue weighted by Crippen LogP contribution is -2.53. The number of hydrogen-bond donors (Lipinski definition) is 2. The lowest BCUT2D eigenvalue weighted by atomic mass is 9.72. The lowest BCUT2D eigenvalue weighted by Gasteiger charge is -2.41. The average Bonchev–Trinajstić information content (AvgIpc) is 2.72. The molecule has 1 fully saturated rings. The Hall–Kier alpha value is -2.85. The summed E-state index contributed by atoms with van der Waals surface area (Å²) in [6.45, 7) is 0.868. The summed E-state index contributed by atoms with van der Waals surface area (Å²) in [5.74, 6) is 1.05. The van der Waals surface area contributed by atoms with Crippen molar-refractivity contribution in [2.75, 3.05) is 32.2 Å².